The SMILES string of the molecule is CCCCCCCCCCCCCCCCS(=O)(=O)NCCCC(C[N+](C)(C)C)OP(=O)([O-])O. The van der Waals surface area contributed by atoms with Crippen LogP contribution in [0.4, 0.5) is 0 Å². The summed E-state index contributed by atoms with van der Waals surface area (Å²) in [5.41, 5.74) is 0. The Morgan fingerprint density at radius 1 is 0.853 bits per heavy atom. The zero-order valence-electron chi connectivity index (χ0n) is 22.3. The van der Waals surface area contributed by atoms with Crippen LogP contribution in [0.3, 0.4) is 0 Å². The van der Waals surface area contributed by atoms with Crippen molar-refractivity contribution in [2.75, 3.05) is 40.0 Å². The van der Waals surface area contributed by atoms with Gasteiger partial charge in [-0.2, -0.15) is 0 Å². The number of likely N-dealkylation sites (N-methyl/N-ethyl adjacent to an activating group) is 1. The summed E-state index contributed by atoms with van der Waals surface area (Å²) in [6, 6.07) is 0. The summed E-state index contributed by atoms with van der Waals surface area (Å²) in [5.74, 6) is 0.121. The van der Waals surface area contributed by atoms with Gasteiger partial charge in [0.15, 0.2) is 0 Å². The predicted octanol–water partition coefficient (Wildman–Crippen LogP) is 4.72. The molecule has 0 spiro atoms. The zero-order valence-corrected chi connectivity index (χ0v) is 24.0. The topological polar surface area (TPSA) is 116 Å². The van der Waals surface area contributed by atoms with Crippen molar-refractivity contribution >= 4 is 17.8 Å². The molecular formula is C24H53N2O6PS. The molecular weight excluding hydrogens is 475 g/mol. The molecule has 0 aromatic carbocycles. The summed E-state index contributed by atoms with van der Waals surface area (Å²) in [7, 11) is -2.48. The van der Waals surface area contributed by atoms with E-state index in [1.165, 1.54) is 70.6 Å². The Balaban J connectivity index is 3.78. The molecule has 0 aliphatic rings. The lowest BCUT2D eigenvalue weighted by Gasteiger charge is -2.31. The first-order valence-corrected chi connectivity index (χ1v) is 16.5. The van der Waals surface area contributed by atoms with E-state index < -0.39 is 23.9 Å². The number of quaternary nitrogens is 1. The van der Waals surface area contributed by atoms with Crippen LogP contribution in [0, 0.1) is 0 Å². The van der Waals surface area contributed by atoms with Gasteiger partial charge in [-0.15, -0.1) is 0 Å². The Bertz CT molecular complexity index is 634. The number of rotatable bonds is 24. The molecule has 0 aliphatic heterocycles. The van der Waals surface area contributed by atoms with Crippen LogP contribution in [0.1, 0.15) is 110 Å². The van der Waals surface area contributed by atoms with E-state index in [4.69, 9.17) is 9.42 Å². The molecule has 0 heterocycles. The highest BCUT2D eigenvalue weighted by Crippen LogP contribution is 2.34. The number of phosphoric ester groups is 1. The molecule has 0 radical (unpaired) electrons. The molecule has 0 rings (SSSR count). The molecule has 34 heavy (non-hydrogen) atoms. The number of hydrogen-bond acceptors (Lipinski definition) is 5. The molecule has 0 aliphatic carbocycles. The molecule has 0 aromatic rings. The van der Waals surface area contributed by atoms with Crippen LogP contribution in [0.15, 0.2) is 0 Å². The van der Waals surface area contributed by atoms with Crippen LogP contribution >= 0.6 is 7.82 Å². The first-order valence-electron chi connectivity index (χ1n) is 13.3. The van der Waals surface area contributed by atoms with Crippen LogP contribution in [-0.4, -0.2) is 63.9 Å². The summed E-state index contributed by atoms with van der Waals surface area (Å²) in [5, 5.41) is 0. The normalized spacial score (nSPS) is 15.4. The smallest absolute Gasteiger partial charge is 0.265 e. The van der Waals surface area contributed by atoms with Gasteiger partial charge in [-0.1, -0.05) is 90.4 Å². The van der Waals surface area contributed by atoms with E-state index in [2.05, 4.69) is 11.6 Å². The number of nitrogens with zero attached hydrogens (tertiary/aromatic N) is 1. The second-order valence-corrected chi connectivity index (χ2v) is 13.7. The van der Waals surface area contributed by atoms with Gasteiger partial charge in [0.25, 0.3) is 7.82 Å². The molecule has 206 valence electrons. The average molecular weight is 529 g/mol. The number of phosphoric acid groups is 1. The van der Waals surface area contributed by atoms with Gasteiger partial charge in [0.1, 0.15) is 12.6 Å². The number of nitrogens with one attached hydrogen (secondary N) is 1. The van der Waals surface area contributed by atoms with Gasteiger partial charge in [0.05, 0.1) is 26.9 Å². The van der Waals surface area contributed by atoms with Gasteiger partial charge in [0.2, 0.25) is 10.0 Å². The molecule has 0 aromatic heterocycles. The molecule has 8 nitrogen and oxygen atoms in total. The van der Waals surface area contributed by atoms with Crippen molar-refractivity contribution in [2.45, 2.75) is 116 Å². The first-order chi connectivity index (χ1) is 15.8. The fraction of sp³-hybridized carbons (Fsp3) is 1.00. The van der Waals surface area contributed by atoms with Gasteiger partial charge in [-0.25, -0.2) is 13.1 Å². The zero-order chi connectivity index (χ0) is 25.9. The van der Waals surface area contributed by atoms with E-state index in [0.717, 1.165) is 12.8 Å². The Hall–Kier alpha value is -0.0200. The molecule has 0 saturated heterocycles. The third kappa shape index (κ3) is 25.1. The third-order valence-corrected chi connectivity index (χ3v) is 7.86. The van der Waals surface area contributed by atoms with Crippen LogP contribution in [-0.2, 0) is 19.1 Å². The Morgan fingerprint density at radius 2 is 1.29 bits per heavy atom. The largest absolute Gasteiger partial charge is 0.756 e. The minimum atomic E-state index is -4.83. The van der Waals surface area contributed by atoms with Gasteiger partial charge in [-0.05, 0) is 19.3 Å². The Morgan fingerprint density at radius 3 is 1.71 bits per heavy atom. The molecule has 2 unspecified atom stereocenters. The molecule has 0 amide bonds. The predicted molar refractivity (Wildman–Crippen MR) is 139 cm³/mol. The van der Waals surface area contributed by atoms with E-state index in [1.807, 2.05) is 21.1 Å². The third-order valence-electron chi connectivity index (χ3n) is 5.83. The van der Waals surface area contributed by atoms with Gasteiger partial charge in [-0.3, -0.25) is 4.57 Å². The lowest BCUT2D eigenvalue weighted by molar-refractivity contribution is -0.873. The van der Waals surface area contributed by atoms with E-state index in [-0.39, 0.29) is 12.3 Å². The van der Waals surface area contributed by atoms with Crippen molar-refractivity contribution < 1.29 is 31.8 Å². The standard InChI is InChI=1S/C24H53N2O6PS/c1-5-6-7-8-9-10-11-12-13-14-15-16-17-18-22-34(30,31)25-21-19-20-24(23-26(2,3)4)32-33(27,28)29/h24-25H,5-23H2,1-4H3,(H-,27,28,29). The second kappa shape index (κ2) is 19.1. The highest BCUT2D eigenvalue weighted by Gasteiger charge is 2.22. The monoisotopic (exact) mass is 528 g/mol. The lowest BCUT2D eigenvalue weighted by Crippen LogP contribution is -2.42. The highest BCUT2D eigenvalue weighted by atomic mass is 32.2. The maximum Gasteiger partial charge on any atom is 0.265 e. The number of hydrogen-bond donors (Lipinski definition) is 2. The fourth-order valence-corrected chi connectivity index (χ4v) is 5.83. The van der Waals surface area contributed by atoms with Crippen molar-refractivity contribution in [3.05, 3.63) is 0 Å². The van der Waals surface area contributed by atoms with Gasteiger partial charge >= 0.3 is 0 Å². The lowest BCUT2D eigenvalue weighted by atomic mass is 10.0. The maximum atomic E-state index is 12.2. The van der Waals surface area contributed by atoms with Crippen molar-refractivity contribution in [3.8, 4) is 0 Å². The minimum Gasteiger partial charge on any atom is -0.756 e. The Labute approximate surface area is 210 Å². The fourth-order valence-electron chi connectivity index (χ4n) is 4.09. The van der Waals surface area contributed by atoms with E-state index in [1.54, 1.807) is 0 Å². The van der Waals surface area contributed by atoms with Crippen molar-refractivity contribution in [3.63, 3.8) is 0 Å². The average Bonchev–Trinajstić information content (AvgIpc) is 2.69. The van der Waals surface area contributed by atoms with Crippen LogP contribution in [0.2, 0.25) is 0 Å². The van der Waals surface area contributed by atoms with Gasteiger partial charge in [0, 0.05) is 6.54 Å². The minimum absolute atomic E-state index is 0.121. The Kier molecular flexibility index (Phi) is 19.1. The second-order valence-electron chi connectivity index (χ2n) is 10.6. The number of sulfonamides is 1. The summed E-state index contributed by atoms with van der Waals surface area (Å²) in [6.45, 7) is 2.86. The quantitative estimate of drug-likeness (QED) is 0.106. The van der Waals surface area contributed by atoms with E-state index >= 15 is 0 Å². The summed E-state index contributed by atoms with van der Waals surface area (Å²) >= 11 is 0. The van der Waals surface area contributed by atoms with Crippen LogP contribution in [0.5, 0.6) is 0 Å². The van der Waals surface area contributed by atoms with Crippen LogP contribution in [0.25, 0.3) is 0 Å². The molecule has 0 fully saturated rings. The molecule has 0 saturated carbocycles. The highest BCUT2D eigenvalue weighted by molar-refractivity contribution is 7.89. The molecule has 0 bridgehead atoms. The summed E-state index contributed by atoms with van der Waals surface area (Å²) < 4.78 is 43.2. The van der Waals surface area contributed by atoms with Crippen molar-refractivity contribution in [2.24, 2.45) is 0 Å². The summed E-state index contributed by atoms with van der Waals surface area (Å²) in [4.78, 5) is 20.1. The van der Waals surface area contributed by atoms with Gasteiger partial charge < -0.3 is 18.8 Å². The molecule has 10 heteroatoms. The van der Waals surface area contributed by atoms with E-state index in [0.29, 0.717) is 30.3 Å². The summed E-state index contributed by atoms with van der Waals surface area (Å²) in [6.07, 6.45) is 17.3. The van der Waals surface area contributed by atoms with Crippen molar-refractivity contribution in [1.82, 2.24) is 4.72 Å². The van der Waals surface area contributed by atoms with E-state index in [9.17, 15) is 17.9 Å². The molecule has 2 N–H and O–H groups in total. The number of unbranched alkanes of at least 4 members (excludes halogenated alkanes) is 13. The first kappa shape index (κ1) is 34.0. The van der Waals surface area contributed by atoms with Crippen molar-refractivity contribution in [1.29, 1.82) is 0 Å². The van der Waals surface area contributed by atoms with Crippen LogP contribution < -0.4 is 9.62 Å². The molecule has 2 atom stereocenters. The maximum absolute atomic E-state index is 12.2.